The van der Waals surface area contributed by atoms with Gasteiger partial charge in [-0.25, -0.2) is 4.98 Å². The zero-order valence-electron chi connectivity index (χ0n) is 12.7. The van der Waals surface area contributed by atoms with E-state index in [0.717, 1.165) is 27.3 Å². The number of rotatable bonds is 4. The first-order chi connectivity index (χ1) is 11.7. The van der Waals surface area contributed by atoms with Gasteiger partial charge in [-0.15, -0.1) is 11.3 Å². The molecule has 120 valence electrons. The van der Waals surface area contributed by atoms with Crippen LogP contribution in [0.4, 0.5) is 0 Å². The summed E-state index contributed by atoms with van der Waals surface area (Å²) in [5, 5.41) is 5.58. The summed E-state index contributed by atoms with van der Waals surface area (Å²) in [7, 11) is 0. The molecule has 0 unspecified atom stereocenters. The van der Waals surface area contributed by atoms with Gasteiger partial charge >= 0.3 is 0 Å². The molecule has 2 aromatic heterocycles. The summed E-state index contributed by atoms with van der Waals surface area (Å²) < 4.78 is 2.05. The molecular formula is C18H14ClN3OS. The van der Waals surface area contributed by atoms with E-state index in [1.807, 2.05) is 53.9 Å². The number of amides is 1. The number of para-hydroxylation sites is 2. The number of nitrogens with zero attached hydrogens (tertiary/aromatic N) is 2. The Morgan fingerprint density at radius 2 is 1.96 bits per heavy atom. The molecule has 24 heavy (non-hydrogen) atoms. The van der Waals surface area contributed by atoms with Crippen molar-refractivity contribution in [2.45, 2.75) is 13.0 Å². The van der Waals surface area contributed by atoms with E-state index in [4.69, 9.17) is 11.6 Å². The SMILES string of the molecule is O=C(Cc1csc2nc3ccccc3n12)NCc1ccccc1Cl. The quantitative estimate of drug-likeness (QED) is 0.600. The molecule has 0 aliphatic carbocycles. The van der Waals surface area contributed by atoms with Gasteiger partial charge in [-0.3, -0.25) is 9.20 Å². The molecule has 0 saturated heterocycles. The minimum atomic E-state index is -0.0348. The fourth-order valence-electron chi connectivity index (χ4n) is 2.72. The molecule has 4 aromatic rings. The van der Waals surface area contributed by atoms with Crippen molar-refractivity contribution in [1.82, 2.24) is 14.7 Å². The highest BCUT2D eigenvalue weighted by molar-refractivity contribution is 7.15. The minimum absolute atomic E-state index is 0.0348. The molecular weight excluding hydrogens is 342 g/mol. The largest absolute Gasteiger partial charge is 0.352 e. The Morgan fingerprint density at radius 1 is 1.17 bits per heavy atom. The van der Waals surface area contributed by atoms with Gasteiger partial charge in [0.15, 0.2) is 4.96 Å². The molecule has 0 aliphatic rings. The van der Waals surface area contributed by atoms with Gasteiger partial charge in [0.1, 0.15) is 0 Å². The van der Waals surface area contributed by atoms with Crippen LogP contribution in [0.2, 0.25) is 5.02 Å². The molecule has 0 aliphatic heterocycles. The Hall–Kier alpha value is -2.37. The van der Waals surface area contributed by atoms with Crippen LogP contribution in [-0.4, -0.2) is 15.3 Å². The highest BCUT2D eigenvalue weighted by Crippen LogP contribution is 2.23. The second-order valence-electron chi connectivity index (χ2n) is 5.49. The smallest absolute Gasteiger partial charge is 0.226 e. The van der Waals surface area contributed by atoms with Crippen molar-refractivity contribution in [3.05, 3.63) is 70.2 Å². The first-order valence-corrected chi connectivity index (χ1v) is 8.82. The predicted octanol–water partition coefficient (Wildman–Crippen LogP) is 4.06. The lowest BCUT2D eigenvalue weighted by atomic mass is 10.2. The topological polar surface area (TPSA) is 46.4 Å². The first-order valence-electron chi connectivity index (χ1n) is 7.56. The molecule has 2 aromatic carbocycles. The van der Waals surface area contributed by atoms with Gasteiger partial charge in [-0.05, 0) is 23.8 Å². The highest BCUT2D eigenvalue weighted by Gasteiger charge is 2.13. The number of aromatic nitrogens is 2. The van der Waals surface area contributed by atoms with Gasteiger partial charge in [0.05, 0.1) is 17.5 Å². The summed E-state index contributed by atoms with van der Waals surface area (Å²) in [4.78, 5) is 17.8. The predicted molar refractivity (Wildman–Crippen MR) is 97.6 cm³/mol. The number of halogens is 1. The van der Waals surface area contributed by atoms with E-state index >= 15 is 0 Å². The Morgan fingerprint density at radius 3 is 2.83 bits per heavy atom. The zero-order chi connectivity index (χ0) is 16.5. The number of hydrogen-bond acceptors (Lipinski definition) is 3. The normalized spacial score (nSPS) is 11.2. The third kappa shape index (κ3) is 2.77. The monoisotopic (exact) mass is 355 g/mol. The lowest BCUT2D eigenvalue weighted by Gasteiger charge is -2.07. The average Bonchev–Trinajstić information content (AvgIpc) is 3.14. The standard InChI is InChI=1S/C18H14ClN3OS/c19-14-6-2-1-5-12(14)10-20-17(23)9-13-11-24-18-21-15-7-3-4-8-16(15)22(13)18/h1-8,11H,9-10H2,(H,20,23). The number of carbonyl (C=O) groups is 1. The van der Waals surface area contributed by atoms with Gasteiger partial charge in [0, 0.05) is 22.6 Å². The zero-order valence-corrected chi connectivity index (χ0v) is 14.3. The molecule has 1 amide bonds. The lowest BCUT2D eigenvalue weighted by Crippen LogP contribution is -2.25. The summed E-state index contributed by atoms with van der Waals surface area (Å²) in [5.41, 5.74) is 3.83. The van der Waals surface area contributed by atoms with Crippen LogP contribution in [0.1, 0.15) is 11.3 Å². The third-order valence-electron chi connectivity index (χ3n) is 3.89. The molecule has 4 nitrogen and oxygen atoms in total. The second-order valence-corrected chi connectivity index (χ2v) is 6.73. The van der Waals surface area contributed by atoms with Crippen molar-refractivity contribution >= 4 is 44.8 Å². The van der Waals surface area contributed by atoms with Crippen molar-refractivity contribution in [1.29, 1.82) is 0 Å². The number of nitrogens with one attached hydrogen (secondary N) is 1. The van der Waals surface area contributed by atoms with Gasteiger partial charge in [-0.2, -0.15) is 0 Å². The number of hydrogen-bond donors (Lipinski definition) is 1. The van der Waals surface area contributed by atoms with Crippen LogP contribution in [0, 0.1) is 0 Å². The lowest BCUT2D eigenvalue weighted by molar-refractivity contribution is -0.120. The van der Waals surface area contributed by atoms with Crippen LogP contribution >= 0.6 is 22.9 Å². The minimum Gasteiger partial charge on any atom is -0.352 e. The second kappa shape index (κ2) is 6.26. The van der Waals surface area contributed by atoms with Gasteiger partial charge in [-0.1, -0.05) is 41.9 Å². The molecule has 2 heterocycles. The van der Waals surface area contributed by atoms with Crippen LogP contribution < -0.4 is 5.32 Å². The van der Waals surface area contributed by atoms with E-state index in [-0.39, 0.29) is 5.91 Å². The van der Waals surface area contributed by atoms with Crippen LogP contribution in [0.15, 0.2) is 53.9 Å². The number of benzene rings is 2. The number of thiazole rings is 1. The molecule has 6 heteroatoms. The Bertz CT molecular complexity index is 1040. The maximum atomic E-state index is 12.3. The fraction of sp³-hybridized carbons (Fsp3) is 0.111. The Balaban J connectivity index is 1.54. The first kappa shape index (κ1) is 15.2. The molecule has 0 saturated carbocycles. The van der Waals surface area contributed by atoms with Crippen molar-refractivity contribution in [3.8, 4) is 0 Å². The Labute approximate surface area is 147 Å². The van der Waals surface area contributed by atoms with E-state index in [1.165, 1.54) is 0 Å². The molecule has 4 rings (SSSR count). The molecule has 0 radical (unpaired) electrons. The molecule has 0 spiro atoms. The fourth-order valence-corrected chi connectivity index (χ4v) is 3.82. The number of fused-ring (bicyclic) bond motifs is 3. The highest BCUT2D eigenvalue weighted by atomic mass is 35.5. The van der Waals surface area contributed by atoms with Gasteiger partial charge in [0.25, 0.3) is 0 Å². The Kier molecular flexibility index (Phi) is 3.96. The van der Waals surface area contributed by atoms with E-state index in [0.29, 0.717) is 18.0 Å². The van der Waals surface area contributed by atoms with Gasteiger partial charge in [0.2, 0.25) is 5.91 Å². The molecule has 0 atom stereocenters. The summed E-state index contributed by atoms with van der Waals surface area (Å²) in [6.07, 6.45) is 0.310. The number of carbonyl (C=O) groups excluding carboxylic acids is 1. The van der Waals surface area contributed by atoms with Crippen molar-refractivity contribution < 1.29 is 4.79 Å². The number of imidazole rings is 1. The van der Waals surface area contributed by atoms with Crippen LogP contribution in [0.3, 0.4) is 0 Å². The van der Waals surface area contributed by atoms with E-state index < -0.39 is 0 Å². The summed E-state index contributed by atoms with van der Waals surface area (Å²) in [6.45, 7) is 0.427. The maximum Gasteiger partial charge on any atom is 0.226 e. The van der Waals surface area contributed by atoms with Gasteiger partial charge < -0.3 is 5.32 Å². The van der Waals surface area contributed by atoms with Crippen LogP contribution in [-0.2, 0) is 17.8 Å². The van der Waals surface area contributed by atoms with E-state index in [2.05, 4.69) is 14.7 Å². The van der Waals surface area contributed by atoms with Crippen molar-refractivity contribution in [2.75, 3.05) is 0 Å². The molecule has 0 fully saturated rings. The van der Waals surface area contributed by atoms with Crippen molar-refractivity contribution in [2.24, 2.45) is 0 Å². The van der Waals surface area contributed by atoms with Crippen LogP contribution in [0.25, 0.3) is 16.0 Å². The average molecular weight is 356 g/mol. The third-order valence-corrected chi connectivity index (χ3v) is 5.14. The van der Waals surface area contributed by atoms with E-state index in [9.17, 15) is 4.79 Å². The van der Waals surface area contributed by atoms with Crippen LogP contribution in [0.5, 0.6) is 0 Å². The van der Waals surface area contributed by atoms with Crippen molar-refractivity contribution in [3.63, 3.8) is 0 Å². The summed E-state index contributed by atoms with van der Waals surface area (Å²) >= 11 is 7.67. The molecule has 1 N–H and O–H groups in total. The molecule has 0 bridgehead atoms. The summed E-state index contributed by atoms with van der Waals surface area (Å²) in [6, 6.07) is 15.5. The van der Waals surface area contributed by atoms with E-state index in [1.54, 1.807) is 11.3 Å². The maximum absolute atomic E-state index is 12.3. The summed E-state index contributed by atoms with van der Waals surface area (Å²) in [5.74, 6) is -0.0348.